The molecule has 9 heteroatoms. The minimum atomic E-state index is -0.944. The number of rotatable bonds is 4. The topological polar surface area (TPSA) is 92.6 Å². The van der Waals surface area contributed by atoms with Gasteiger partial charge in [-0.05, 0) is 29.8 Å². The average molecular weight is 411 g/mol. The van der Waals surface area contributed by atoms with Crippen LogP contribution in [0.2, 0.25) is 0 Å². The Morgan fingerprint density at radius 1 is 1.28 bits per heavy atom. The van der Waals surface area contributed by atoms with Crippen molar-refractivity contribution in [2.24, 2.45) is 0 Å². The first-order valence-electron chi connectivity index (χ1n) is 8.47. The molecule has 1 N–H and O–H groups in total. The number of aliphatic hydroxyl groups excluding tert-OH is 1. The molecule has 3 aromatic rings. The summed E-state index contributed by atoms with van der Waals surface area (Å²) in [5, 5.41) is 12.9. The number of aliphatic hydroxyl groups is 1. The van der Waals surface area contributed by atoms with Crippen molar-refractivity contribution in [1.29, 1.82) is 0 Å². The predicted molar refractivity (Wildman–Crippen MR) is 104 cm³/mol. The Morgan fingerprint density at radius 3 is 2.72 bits per heavy atom. The third-order valence-corrected chi connectivity index (χ3v) is 5.27. The molecular weight excluding hydrogens is 397 g/mol. The Morgan fingerprint density at radius 2 is 2.10 bits per heavy atom. The number of aromatic nitrogens is 2. The quantitative estimate of drug-likeness (QED) is 0.402. The fourth-order valence-corrected chi connectivity index (χ4v) is 3.85. The molecule has 0 radical (unpaired) electrons. The van der Waals surface area contributed by atoms with Gasteiger partial charge in [0.2, 0.25) is 0 Å². The molecular formula is C20H14FN3O4S. The Labute approximate surface area is 168 Å². The number of thiazole rings is 1. The van der Waals surface area contributed by atoms with Gasteiger partial charge in [0, 0.05) is 29.5 Å². The molecule has 1 atom stereocenters. The standard InChI is InChI=1S/C20H14FN3O4S/c1-28-14-5-4-11(9-13(14)21)17(25)15-16(12-3-2-6-22-10-12)24(19(27)18(15)26)20-23-7-8-29-20/h2-10,16,25H,1H3/b17-15+. The summed E-state index contributed by atoms with van der Waals surface area (Å²) in [7, 11) is 1.32. The van der Waals surface area contributed by atoms with Crippen LogP contribution in [-0.4, -0.2) is 33.9 Å². The number of pyridine rings is 1. The zero-order valence-electron chi connectivity index (χ0n) is 15.1. The maximum absolute atomic E-state index is 14.2. The summed E-state index contributed by atoms with van der Waals surface area (Å²) in [6, 6.07) is 6.19. The maximum Gasteiger partial charge on any atom is 0.301 e. The smallest absolute Gasteiger partial charge is 0.301 e. The molecule has 0 bridgehead atoms. The normalized spacial score (nSPS) is 18.3. The van der Waals surface area contributed by atoms with Crippen LogP contribution in [0.4, 0.5) is 9.52 Å². The number of nitrogens with zero attached hydrogens (tertiary/aromatic N) is 3. The van der Waals surface area contributed by atoms with E-state index in [1.165, 1.54) is 47.9 Å². The SMILES string of the molecule is COc1ccc(/C(O)=C2\C(=O)C(=O)N(c3nccs3)C2c2cccnc2)cc1F. The van der Waals surface area contributed by atoms with Crippen LogP contribution in [0.3, 0.4) is 0 Å². The van der Waals surface area contributed by atoms with E-state index in [1.807, 2.05) is 0 Å². The number of amides is 1. The van der Waals surface area contributed by atoms with E-state index in [9.17, 15) is 19.1 Å². The van der Waals surface area contributed by atoms with Crippen molar-refractivity contribution in [3.8, 4) is 5.75 Å². The molecule has 3 heterocycles. The van der Waals surface area contributed by atoms with Crippen LogP contribution in [0, 0.1) is 5.82 Å². The number of anilines is 1. The summed E-state index contributed by atoms with van der Waals surface area (Å²) in [5.74, 6) is -2.91. The van der Waals surface area contributed by atoms with Crippen LogP contribution in [0.5, 0.6) is 5.75 Å². The van der Waals surface area contributed by atoms with Gasteiger partial charge in [0.05, 0.1) is 18.7 Å². The van der Waals surface area contributed by atoms with E-state index in [-0.39, 0.29) is 16.9 Å². The third kappa shape index (κ3) is 3.15. The lowest BCUT2D eigenvalue weighted by atomic mass is 9.96. The molecule has 1 unspecified atom stereocenters. The molecule has 2 aromatic heterocycles. The molecule has 0 saturated carbocycles. The van der Waals surface area contributed by atoms with Gasteiger partial charge in [0.15, 0.2) is 16.7 Å². The number of hydrogen-bond acceptors (Lipinski definition) is 7. The lowest BCUT2D eigenvalue weighted by Gasteiger charge is -2.22. The summed E-state index contributed by atoms with van der Waals surface area (Å²) in [4.78, 5) is 35.0. The number of hydrogen-bond donors (Lipinski definition) is 1. The van der Waals surface area contributed by atoms with Crippen LogP contribution >= 0.6 is 11.3 Å². The zero-order chi connectivity index (χ0) is 20.5. The highest BCUT2D eigenvalue weighted by molar-refractivity contribution is 7.14. The fraction of sp³-hybridized carbons (Fsp3) is 0.100. The number of ether oxygens (including phenoxy) is 1. The van der Waals surface area contributed by atoms with E-state index >= 15 is 0 Å². The van der Waals surface area contributed by atoms with Gasteiger partial charge >= 0.3 is 5.91 Å². The van der Waals surface area contributed by atoms with Crippen LogP contribution in [-0.2, 0) is 9.59 Å². The second kappa shape index (κ2) is 7.44. The van der Waals surface area contributed by atoms with E-state index in [0.29, 0.717) is 10.7 Å². The van der Waals surface area contributed by atoms with Gasteiger partial charge in [-0.2, -0.15) is 0 Å². The number of carbonyl (C=O) groups excluding carboxylic acids is 2. The molecule has 4 rings (SSSR count). The number of ketones is 1. The van der Waals surface area contributed by atoms with E-state index in [4.69, 9.17) is 4.74 Å². The van der Waals surface area contributed by atoms with Gasteiger partial charge in [0.25, 0.3) is 5.78 Å². The highest BCUT2D eigenvalue weighted by Crippen LogP contribution is 2.42. The van der Waals surface area contributed by atoms with Crippen molar-refractivity contribution in [1.82, 2.24) is 9.97 Å². The summed E-state index contributed by atoms with van der Waals surface area (Å²) >= 11 is 1.18. The second-order valence-electron chi connectivity index (χ2n) is 6.12. The molecule has 29 heavy (non-hydrogen) atoms. The van der Waals surface area contributed by atoms with Gasteiger partial charge in [-0.25, -0.2) is 9.37 Å². The maximum atomic E-state index is 14.2. The van der Waals surface area contributed by atoms with E-state index in [1.54, 1.807) is 23.7 Å². The highest BCUT2D eigenvalue weighted by atomic mass is 32.1. The van der Waals surface area contributed by atoms with Crippen molar-refractivity contribution in [2.75, 3.05) is 12.0 Å². The van der Waals surface area contributed by atoms with Crippen molar-refractivity contribution in [2.45, 2.75) is 6.04 Å². The van der Waals surface area contributed by atoms with Gasteiger partial charge in [-0.3, -0.25) is 19.5 Å². The predicted octanol–water partition coefficient (Wildman–Crippen LogP) is 3.31. The number of carbonyl (C=O) groups is 2. The summed E-state index contributed by atoms with van der Waals surface area (Å²) in [6.45, 7) is 0. The molecule has 146 valence electrons. The monoisotopic (exact) mass is 411 g/mol. The number of halogens is 1. The van der Waals surface area contributed by atoms with Gasteiger partial charge in [-0.1, -0.05) is 6.07 Å². The molecule has 1 aromatic carbocycles. The third-order valence-electron chi connectivity index (χ3n) is 4.50. The average Bonchev–Trinajstić information content (AvgIpc) is 3.35. The zero-order valence-corrected chi connectivity index (χ0v) is 15.9. The molecule has 0 spiro atoms. The minimum Gasteiger partial charge on any atom is -0.507 e. The Bertz CT molecular complexity index is 1120. The van der Waals surface area contributed by atoms with Crippen LogP contribution in [0.25, 0.3) is 5.76 Å². The molecule has 7 nitrogen and oxygen atoms in total. The molecule has 1 saturated heterocycles. The van der Waals surface area contributed by atoms with E-state index in [2.05, 4.69) is 9.97 Å². The van der Waals surface area contributed by atoms with Crippen molar-refractivity contribution in [3.05, 3.63) is 76.8 Å². The molecule has 1 aliphatic rings. The molecule has 1 fully saturated rings. The second-order valence-corrected chi connectivity index (χ2v) is 6.99. The highest BCUT2D eigenvalue weighted by Gasteiger charge is 2.48. The molecule has 1 amide bonds. The van der Waals surface area contributed by atoms with Crippen LogP contribution in [0.1, 0.15) is 17.2 Å². The number of methoxy groups -OCH3 is 1. The van der Waals surface area contributed by atoms with E-state index < -0.39 is 29.3 Å². The lowest BCUT2D eigenvalue weighted by Crippen LogP contribution is -2.29. The summed E-state index contributed by atoms with van der Waals surface area (Å²) in [5.41, 5.74) is 0.398. The minimum absolute atomic E-state index is 0.00593. The Balaban J connectivity index is 1.92. The van der Waals surface area contributed by atoms with Gasteiger partial charge in [0.1, 0.15) is 5.76 Å². The first-order chi connectivity index (χ1) is 14.0. The van der Waals surface area contributed by atoms with E-state index in [0.717, 1.165) is 6.07 Å². The van der Waals surface area contributed by atoms with Crippen LogP contribution in [0.15, 0.2) is 59.9 Å². The molecule has 1 aliphatic heterocycles. The lowest BCUT2D eigenvalue weighted by molar-refractivity contribution is -0.132. The van der Waals surface area contributed by atoms with Crippen molar-refractivity contribution >= 4 is 33.9 Å². The van der Waals surface area contributed by atoms with Gasteiger partial charge in [-0.15, -0.1) is 11.3 Å². The van der Waals surface area contributed by atoms with Crippen LogP contribution < -0.4 is 9.64 Å². The first-order valence-corrected chi connectivity index (χ1v) is 9.35. The summed E-state index contributed by atoms with van der Waals surface area (Å²) < 4.78 is 19.0. The first kappa shape index (κ1) is 18.8. The Hall–Kier alpha value is -3.59. The van der Waals surface area contributed by atoms with Crippen molar-refractivity contribution < 1.29 is 23.8 Å². The largest absolute Gasteiger partial charge is 0.507 e. The molecule has 0 aliphatic carbocycles. The number of Topliss-reactive ketones (excluding diaryl/α,β-unsaturated/α-hetero) is 1. The Kier molecular flexibility index (Phi) is 4.81. The van der Waals surface area contributed by atoms with Gasteiger partial charge < -0.3 is 9.84 Å². The number of benzene rings is 1. The van der Waals surface area contributed by atoms with Crippen molar-refractivity contribution in [3.63, 3.8) is 0 Å². The fourth-order valence-electron chi connectivity index (χ4n) is 3.19. The summed E-state index contributed by atoms with van der Waals surface area (Å²) in [6.07, 6.45) is 4.56.